The van der Waals surface area contributed by atoms with Crippen molar-refractivity contribution in [2.24, 2.45) is 0 Å². The van der Waals surface area contributed by atoms with Crippen LogP contribution in [0.25, 0.3) is 83.7 Å². The van der Waals surface area contributed by atoms with Crippen LogP contribution in [0.5, 0.6) is 5.75 Å². The number of aromatic nitrogens is 3. The predicted octanol–water partition coefficient (Wildman–Crippen LogP) is 12.9. The molecule has 2 atom stereocenters. The fourth-order valence-electron chi connectivity index (χ4n) is 8.59. The SMILES string of the molecule is C1=CC2c3c(cc(-c4ccccc4)cc3-c3nc(-c4ccccc4)cc(-c4cccc(-c5ccccc5)c4)n3)OC2C(n2c3ccccc3c3ccccc32)=C1. The van der Waals surface area contributed by atoms with Crippen LogP contribution in [0.1, 0.15) is 11.5 Å². The van der Waals surface area contributed by atoms with E-state index in [-0.39, 0.29) is 12.0 Å². The fourth-order valence-corrected chi connectivity index (χ4v) is 8.59. The summed E-state index contributed by atoms with van der Waals surface area (Å²) in [7, 11) is 0. The van der Waals surface area contributed by atoms with E-state index in [1.54, 1.807) is 0 Å². The van der Waals surface area contributed by atoms with Gasteiger partial charge < -0.3 is 9.30 Å². The standard InChI is InChI=1S/C52H35N3O/c1-4-16-34(17-5-1)37-22-14-23-38(30-37)45-33-44(36-20-8-3-9-21-36)53-52(54-45)43-31-39(35-18-6-2-7-19-35)32-49-50(43)42-26-15-29-48(51(42)56-49)55-46-27-12-10-24-40(46)41-25-11-13-28-47(41)55/h1-33,42,51H. The zero-order valence-electron chi connectivity index (χ0n) is 30.5. The summed E-state index contributed by atoms with van der Waals surface area (Å²) in [6.45, 7) is 0. The van der Waals surface area contributed by atoms with Crippen LogP contribution in [0.15, 0.2) is 200 Å². The molecule has 4 nitrogen and oxygen atoms in total. The van der Waals surface area contributed by atoms with E-state index in [1.807, 2.05) is 6.07 Å². The van der Waals surface area contributed by atoms with Crippen LogP contribution in [0, 0.1) is 0 Å². The molecule has 56 heavy (non-hydrogen) atoms. The first kappa shape index (κ1) is 32.2. The van der Waals surface area contributed by atoms with Gasteiger partial charge in [-0.05, 0) is 64.7 Å². The Balaban J connectivity index is 1.12. The van der Waals surface area contributed by atoms with Crippen molar-refractivity contribution in [1.82, 2.24) is 14.5 Å². The van der Waals surface area contributed by atoms with E-state index in [9.17, 15) is 0 Å². The minimum Gasteiger partial charge on any atom is -0.483 e. The van der Waals surface area contributed by atoms with E-state index < -0.39 is 0 Å². The third kappa shape index (κ3) is 5.38. The lowest BCUT2D eigenvalue weighted by molar-refractivity contribution is 0.272. The van der Waals surface area contributed by atoms with Crippen molar-refractivity contribution >= 4 is 27.5 Å². The maximum atomic E-state index is 7.17. The zero-order valence-corrected chi connectivity index (χ0v) is 30.5. The Morgan fingerprint density at radius 1 is 0.464 bits per heavy atom. The smallest absolute Gasteiger partial charge is 0.160 e. The maximum Gasteiger partial charge on any atom is 0.160 e. The van der Waals surface area contributed by atoms with E-state index in [2.05, 4.69) is 199 Å². The second kappa shape index (κ2) is 13.2. The van der Waals surface area contributed by atoms with E-state index in [1.165, 1.54) is 27.4 Å². The number of ether oxygens (including phenoxy) is 1. The Morgan fingerprint density at radius 3 is 1.70 bits per heavy atom. The molecule has 2 aromatic heterocycles. The summed E-state index contributed by atoms with van der Waals surface area (Å²) in [6, 6.07) is 64.0. The number of allylic oxidation sites excluding steroid dienone is 2. The number of nitrogens with zero attached hydrogens (tertiary/aromatic N) is 3. The summed E-state index contributed by atoms with van der Waals surface area (Å²) in [6.07, 6.45) is 6.44. The molecule has 11 rings (SSSR count). The molecule has 9 aromatic rings. The highest BCUT2D eigenvalue weighted by atomic mass is 16.5. The van der Waals surface area contributed by atoms with Crippen LogP contribution in [0.4, 0.5) is 0 Å². The van der Waals surface area contributed by atoms with Crippen molar-refractivity contribution in [3.8, 4) is 61.9 Å². The Morgan fingerprint density at radius 2 is 1.02 bits per heavy atom. The molecule has 0 N–H and O–H groups in total. The lowest BCUT2D eigenvalue weighted by Crippen LogP contribution is -2.24. The molecular weight excluding hydrogens is 683 g/mol. The quantitative estimate of drug-likeness (QED) is 0.172. The molecule has 1 aliphatic heterocycles. The second-order valence-corrected chi connectivity index (χ2v) is 14.5. The largest absolute Gasteiger partial charge is 0.483 e. The number of hydrogen-bond donors (Lipinski definition) is 0. The molecule has 264 valence electrons. The molecule has 2 aliphatic rings. The zero-order chi connectivity index (χ0) is 37.0. The van der Waals surface area contributed by atoms with Crippen LogP contribution < -0.4 is 4.74 Å². The molecule has 0 amide bonds. The molecule has 2 unspecified atom stereocenters. The summed E-state index contributed by atoms with van der Waals surface area (Å²) < 4.78 is 9.56. The normalized spacial score (nSPS) is 15.7. The lowest BCUT2D eigenvalue weighted by atomic mass is 9.85. The van der Waals surface area contributed by atoms with Gasteiger partial charge in [-0.25, -0.2) is 9.97 Å². The number of para-hydroxylation sites is 2. The number of fused-ring (bicyclic) bond motifs is 6. The Labute approximate surface area is 325 Å². The van der Waals surface area contributed by atoms with Gasteiger partial charge in [0.25, 0.3) is 0 Å². The Bertz CT molecular complexity index is 2950. The fraction of sp³-hybridized carbons (Fsp3) is 0.0385. The van der Waals surface area contributed by atoms with E-state index in [4.69, 9.17) is 14.7 Å². The molecule has 0 saturated heterocycles. The van der Waals surface area contributed by atoms with Crippen molar-refractivity contribution in [2.75, 3.05) is 0 Å². The molecule has 3 heterocycles. The monoisotopic (exact) mass is 717 g/mol. The molecule has 0 saturated carbocycles. The maximum absolute atomic E-state index is 7.17. The number of rotatable bonds is 6. The molecule has 1 aliphatic carbocycles. The van der Waals surface area contributed by atoms with Crippen molar-refractivity contribution in [3.63, 3.8) is 0 Å². The van der Waals surface area contributed by atoms with Crippen molar-refractivity contribution in [2.45, 2.75) is 12.0 Å². The third-order valence-electron chi connectivity index (χ3n) is 11.2. The topological polar surface area (TPSA) is 39.9 Å². The first-order valence-corrected chi connectivity index (χ1v) is 19.1. The van der Waals surface area contributed by atoms with Gasteiger partial charge in [-0.2, -0.15) is 0 Å². The lowest BCUT2D eigenvalue weighted by Gasteiger charge is -2.25. The van der Waals surface area contributed by atoms with Gasteiger partial charge in [0.05, 0.1) is 28.1 Å². The van der Waals surface area contributed by atoms with Gasteiger partial charge >= 0.3 is 0 Å². The Kier molecular flexibility index (Phi) is 7.59. The van der Waals surface area contributed by atoms with E-state index in [0.717, 1.165) is 61.8 Å². The van der Waals surface area contributed by atoms with Crippen LogP contribution >= 0.6 is 0 Å². The highest BCUT2D eigenvalue weighted by molar-refractivity contribution is 6.10. The highest BCUT2D eigenvalue weighted by Gasteiger charge is 2.41. The van der Waals surface area contributed by atoms with E-state index >= 15 is 0 Å². The minimum absolute atomic E-state index is 0.0569. The first-order chi connectivity index (χ1) is 27.8. The second-order valence-electron chi connectivity index (χ2n) is 14.5. The van der Waals surface area contributed by atoms with Crippen molar-refractivity contribution in [1.29, 1.82) is 0 Å². The molecule has 0 radical (unpaired) electrons. The van der Waals surface area contributed by atoms with Crippen LogP contribution in [0.2, 0.25) is 0 Å². The molecule has 7 aromatic carbocycles. The summed E-state index contributed by atoms with van der Waals surface area (Å²) in [5.41, 5.74) is 13.8. The summed E-state index contributed by atoms with van der Waals surface area (Å²) >= 11 is 0. The van der Waals surface area contributed by atoms with Gasteiger partial charge in [-0.1, -0.05) is 158 Å². The Hall–Kier alpha value is -7.30. The van der Waals surface area contributed by atoms with Gasteiger partial charge in [0.2, 0.25) is 0 Å². The molecular formula is C52H35N3O. The van der Waals surface area contributed by atoms with Gasteiger partial charge in [-0.3, -0.25) is 0 Å². The molecule has 0 spiro atoms. The van der Waals surface area contributed by atoms with E-state index in [0.29, 0.717) is 5.82 Å². The highest BCUT2D eigenvalue weighted by Crippen LogP contribution is 2.51. The average molecular weight is 718 g/mol. The number of benzene rings is 7. The molecule has 0 fully saturated rings. The average Bonchev–Trinajstić information content (AvgIpc) is 3.83. The van der Waals surface area contributed by atoms with Gasteiger partial charge in [0.15, 0.2) is 5.82 Å². The van der Waals surface area contributed by atoms with Crippen LogP contribution in [-0.4, -0.2) is 20.6 Å². The third-order valence-corrected chi connectivity index (χ3v) is 11.2. The van der Waals surface area contributed by atoms with Crippen molar-refractivity contribution in [3.05, 3.63) is 206 Å². The number of hydrogen-bond acceptors (Lipinski definition) is 3. The summed E-state index contributed by atoms with van der Waals surface area (Å²) in [5.74, 6) is 1.47. The van der Waals surface area contributed by atoms with Gasteiger partial charge in [0, 0.05) is 38.9 Å². The van der Waals surface area contributed by atoms with Crippen LogP contribution in [0.3, 0.4) is 0 Å². The summed E-state index contributed by atoms with van der Waals surface area (Å²) in [4.78, 5) is 10.8. The predicted molar refractivity (Wildman–Crippen MR) is 229 cm³/mol. The summed E-state index contributed by atoms with van der Waals surface area (Å²) in [5, 5.41) is 2.46. The van der Waals surface area contributed by atoms with Crippen molar-refractivity contribution < 1.29 is 4.74 Å². The molecule has 4 heteroatoms. The van der Waals surface area contributed by atoms with Crippen LogP contribution in [-0.2, 0) is 0 Å². The molecule has 0 bridgehead atoms. The van der Waals surface area contributed by atoms with Gasteiger partial charge in [0.1, 0.15) is 11.9 Å². The first-order valence-electron chi connectivity index (χ1n) is 19.1. The van der Waals surface area contributed by atoms with Gasteiger partial charge in [-0.15, -0.1) is 0 Å². The minimum atomic E-state index is -0.252.